The first kappa shape index (κ1) is 23.0. The Bertz CT molecular complexity index is 914. The fourth-order valence-electron chi connectivity index (χ4n) is 8.86. The van der Waals surface area contributed by atoms with Crippen molar-refractivity contribution in [1.29, 1.82) is 0 Å². The molecule has 2 bridgehead atoms. The molecule has 5 fully saturated rings. The second kappa shape index (κ2) is 8.20. The van der Waals surface area contributed by atoms with Gasteiger partial charge in [-0.1, -0.05) is 25.1 Å². The van der Waals surface area contributed by atoms with Gasteiger partial charge in [-0.3, -0.25) is 4.79 Å². The number of hydrogen-bond acceptors (Lipinski definition) is 5. The van der Waals surface area contributed by atoms with E-state index in [0.717, 1.165) is 38.5 Å². The van der Waals surface area contributed by atoms with Crippen molar-refractivity contribution in [1.82, 2.24) is 0 Å². The van der Waals surface area contributed by atoms with Crippen LogP contribution in [0.2, 0.25) is 0 Å². The summed E-state index contributed by atoms with van der Waals surface area (Å²) in [4.78, 5) is 26.0. The van der Waals surface area contributed by atoms with Crippen LogP contribution in [0.25, 0.3) is 0 Å². The number of benzene rings is 1. The minimum atomic E-state index is -0.653. The first-order chi connectivity index (χ1) is 15.7. The normalized spacial score (nSPS) is 42.8. The van der Waals surface area contributed by atoms with Gasteiger partial charge in [-0.25, -0.2) is 4.79 Å². The number of esters is 1. The molecule has 6 rings (SSSR count). The van der Waals surface area contributed by atoms with Gasteiger partial charge in [0.15, 0.2) is 0 Å². The molecule has 2 N–H and O–H groups in total. The van der Waals surface area contributed by atoms with Crippen molar-refractivity contribution in [2.45, 2.75) is 71.3 Å². The predicted octanol–water partition coefficient (Wildman–Crippen LogP) is 4.40. The molecular weight excluding hydrogens is 416 g/mol. The summed E-state index contributed by atoms with van der Waals surface area (Å²) in [5, 5.41) is 20.1. The number of fused-ring (bicyclic) bond motifs is 3. The van der Waals surface area contributed by atoms with E-state index in [1.54, 1.807) is 12.1 Å². The second-order valence-electron chi connectivity index (χ2n) is 11.9. The zero-order valence-corrected chi connectivity index (χ0v) is 20.0. The third kappa shape index (κ3) is 3.49. The molecule has 0 saturated heterocycles. The number of rotatable bonds is 5. The number of Topliss-reactive ketones (excluding diaryl/α,β-unsaturated/α-hetero) is 1. The highest BCUT2D eigenvalue weighted by Gasteiger charge is 2.66. The fraction of sp³-hybridized carbons (Fsp3) is 0.714. The average molecular weight is 455 g/mol. The lowest BCUT2D eigenvalue weighted by Gasteiger charge is -2.68. The largest absolute Gasteiger partial charge is 0.461 e. The van der Waals surface area contributed by atoms with E-state index in [4.69, 9.17) is 4.74 Å². The number of ether oxygens (including phenoxy) is 1. The molecule has 0 radical (unpaired) electrons. The molecule has 180 valence electrons. The summed E-state index contributed by atoms with van der Waals surface area (Å²) in [5.41, 5.74) is 0.115. The maximum absolute atomic E-state index is 13.3. The van der Waals surface area contributed by atoms with Crippen LogP contribution in [-0.4, -0.2) is 41.3 Å². The number of carbonyl (C=O) groups is 2. The fourth-order valence-corrected chi connectivity index (χ4v) is 8.86. The van der Waals surface area contributed by atoms with Crippen LogP contribution in [0.1, 0.15) is 75.6 Å². The van der Waals surface area contributed by atoms with Crippen molar-refractivity contribution in [3.05, 3.63) is 35.9 Å². The van der Waals surface area contributed by atoms with Gasteiger partial charge in [0.2, 0.25) is 0 Å². The van der Waals surface area contributed by atoms with Crippen molar-refractivity contribution >= 4 is 11.8 Å². The van der Waals surface area contributed by atoms with Gasteiger partial charge in [-0.15, -0.1) is 0 Å². The van der Waals surface area contributed by atoms with Crippen LogP contribution in [0.5, 0.6) is 0 Å². The highest BCUT2D eigenvalue weighted by molar-refractivity contribution is 5.90. The van der Waals surface area contributed by atoms with Gasteiger partial charge in [0, 0.05) is 6.42 Å². The van der Waals surface area contributed by atoms with E-state index < -0.39 is 11.5 Å². The summed E-state index contributed by atoms with van der Waals surface area (Å²) < 4.78 is 5.77. The van der Waals surface area contributed by atoms with Gasteiger partial charge in [0.25, 0.3) is 0 Å². The average Bonchev–Trinajstić information content (AvgIpc) is 2.85. The summed E-state index contributed by atoms with van der Waals surface area (Å²) in [6.07, 6.45) is 7.30. The molecule has 1 spiro atoms. The van der Waals surface area contributed by atoms with E-state index in [0.29, 0.717) is 23.8 Å². The summed E-state index contributed by atoms with van der Waals surface area (Å²) in [6.45, 7) is 4.42. The smallest absolute Gasteiger partial charge is 0.338 e. The Morgan fingerprint density at radius 2 is 1.85 bits per heavy atom. The molecule has 5 saturated carbocycles. The topological polar surface area (TPSA) is 83.8 Å². The molecule has 5 aliphatic carbocycles. The molecule has 33 heavy (non-hydrogen) atoms. The molecule has 5 heteroatoms. The Labute approximate surface area is 196 Å². The molecule has 8 atom stereocenters. The van der Waals surface area contributed by atoms with Gasteiger partial charge in [-0.2, -0.15) is 0 Å². The van der Waals surface area contributed by atoms with Crippen LogP contribution in [0, 0.1) is 39.9 Å². The molecule has 0 aliphatic heterocycles. The van der Waals surface area contributed by atoms with E-state index in [-0.39, 0.29) is 47.6 Å². The van der Waals surface area contributed by atoms with Gasteiger partial charge in [0.05, 0.1) is 23.7 Å². The standard InChI is InChI=1S/C28H38O5/c1-26-11-10-24(31)27(2,17-33-25(32)18-6-4-3-5-7-18)22(26)9-13-28-12-8-19(14-23(26)28)20(15-28)21(30)16-29/h3-7,19-23,29-30H,8-17H2,1-2H3/t19-,20?,21-,22-,23-,26+,27-,28+/m0/s1. The third-order valence-electron chi connectivity index (χ3n) is 10.6. The summed E-state index contributed by atoms with van der Waals surface area (Å²) >= 11 is 0. The zero-order valence-electron chi connectivity index (χ0n) is 20.0. The lowest BCUT2D eigenvalue weighted by Crippen LogP contribution is -2.64. The highest BCUT2D eigenvalue weighted by atomic mass is 16.5. The SMILES string of the molecule is C[C@@]12CCC(=O)[C@@](C)(COC(=O)c3ccccc3)[C@H]1CC[C@@]13CC[C@@H](C[C@H]12)C([C@@H](O)CO)C3. The van der Waals surface area contributed by atoms with E-state index in [1.165, 1.54) is 6.42 Å². The van der Waals surface area contributed by atoms with Gasteiger partial charge in [0.1, 0.15) is 12.4 Å². The first-order valence-electron chi connectivity index (χ1n) is 12.8. The van der Waals surface area contributed by atoms with Crippen LogP contribution in [0.4, 0.5) is 0 Å². The Kier molecular flexibility index (Phi) is 5.72. The van der Waals surface area contributed by atoms with E-state index in [1.807, 2.05) is 25.1 Å². The predicted molar refractivity (Wildman–Crippen MR) is 124 cm³/mol. The van der Waals surface area contributed by atoms with Gasteiger partial charge in [-0.05, 0) is 98.5 Å². The number of aliphatic hydroxyl groups is 2. The maximum atomic E-state index is 13.3. The van der Waals surface area contributed by atoms with E-state index >= 15 is 0 Å². The van der Waals surface area contributed by atoms with Crippen molar-refractivity contribution in [2.75, 3.05) is 13.2 Å². The van der Waals surface area contributed by atoms with Crippen molar-refractivity contribution in [2.24, 2.45) is 39.9 Å². The van der Waals surface area contributed by atoms with Crippen LogP contribution in [0.15, 0.2) is 30.3 Å². The zero-order chi connectivity index (χ0) is 23.4. The number of hydrogen-bond donors (Lipinski definition) is 2. The van der Waals surface area contributed by atoms with Crippen molar-refractivity contribution in [3.63, 3.8) is 0 Å². The van der Waals surface area contributed by atoms with E-state index in [9.17, 15) is 19.8 Å². The highest BCUT2D eigenvalue weighted by Crippen LogP contribution is 2.72. The van der Waals surface area contributed by atoms with Gasteiger partial charge < -0.3 is 14.9 Å². The molecule has 5 nitrogen and oxygen atoms in total. The van der Waals surface area contributed by atoms with E-state index in [2.05, 4.69) is 6.92 Å². The lowest BCUT2D eigenvalue weighted by atomic mass is 9.36. The Morgan fingerprint density at radius 1 is 1.12 bits per heavy atom. The molecule has 0 amide bonds. The van der Waals surface area contributed by atoms with Crippen molar-refractivity contribution < 1.29 is 24.5 Å². The van der Waals surface area contributed by atoms with Crippen LogP contribution in [0.3, 0.4) is 0 Å². The minimum absolute atomic E-state index is 0.0356. The number of ketones is 1. The number of aliphatic hydroxyl groups excluding tert-OH is 2. The summed E-state index contributed by atoms with van der Waals surface area (Å²) in [6, 6.07) is 9.01. The molecule has 1 unspecified atom stereocenters. The van der Waals surface area contributed by atoms with Crippen molar-refractivity contribution in [3.8, 4) is 0 Å². The Hall–Kier alpha value is -1.72. The molecule has 1 aromatic carbocycles. The molecule has 1 aromatic rings. The summed E-state index contributed by atoms with van der Waals surface area (Å²) in [7, 11) is 0. The first-order valence-corrected chi connectivity index (χ1v) is 12.8. The Balaban J connectivity index is 1.39. The van der Waals surface area contributed by atoms with Crippen LogP contribution >= 0.6 is 0 Å². The second-order valence-corrected chi connectivity index (χ2v) is 11.9. The van der Waals surface area contributed by atoms with Gasteiger partial charge >= 0.3 is 5.97 Å². The monoisotopic (exact) mass is 454 g/mol. The van der Waals surface area contributed by atoms with Crippen LogP contribution < -0.4 is 0 Å². The Morgan fingerprint density at radius 3 is 2.58 bits per heavy atom. The maximum Gasteiger partial charge on any atom is 0.338 e. The number of carbonyl (C=O) groups excluding carboxylic acids is 2. The molecule has 0 heterocycles. The minimum Gasteiger partial charge on any atom is -0.461 e. The molecular formula is C28H38O5. The molecule has 5 aliphatic rings. The quantitative estimate of drug-likeness (QED) is 0.644. The lowest BCUT2D eigenvalue weighted by molar-refractivity contribution is -0.209. The third-order valence-corrected chi connectivity index (χ3v) is 10.6. The molecule has 0 aromatic heterocycles. The van der Waals surface area contributed by atoms with Crippen LogP contribution in [-0.2, 0) is 9.53 Å². The summed E-state index contributed by atoms with van der Waals surface area (Å²) in [5.74, 6) is 1.25.